The van der Waals surface area contributed by atoms with Crippen molar-refractivity contribution in [3.05, 3.63) is 51.8 Å². The highest BCUT2D eigenvalue weighted by Crippen LogP contribution is 2.41. The average molecular weight is 493 g/mol. The fourth-order valence-corrected chi connectivity index (χ4v) is 3.75. The van der Waals surface area contributed by atoms with E-state index in [0.29, 0.717) is 47.3 Å². The van der Waals surface area contributed by atoms with Crippen LogP contribution in [-0.2, 0) is 17.8 Å². The normalized spacial score (nSPS) is 10.8. The van der Waals surface area contributed by atoms with Gasteiger partial charge in [0.15, 0.2) is 11.5 Å². The third-order valence-corrected chi connectivity index (χ3v) is 5.39. The van der Waals surface area contributed by atoms with Gasteiger partial charge in [0.25, 0.3) is 5.56 Å². The van der Waals surface area contributed by atoms with E-state index in [4.69, 9.17) is 18.9 Å². The van der Waals surface area contributed by atoms with Crippen LogP contribution in [-0.4, -0.2) is 70.6 Å². The smallest absolute Gasteiger partial charge is 0.264 e. The zero-order valence-corrected chi connectivity index (χ0v) is 21.3. The van der Waals surface area contributed by atoms with Gasteiger partial charge in [-0.25, -0.2) is 4.98 Å². The molecule has 2 aromatic carbocycles. The zero-order valence-electron chi connectivity index (χ0n) is 20.5. The predicted octanol–water partition coefficient (Wildman–Crippen LogP) is 3.09. The number of halogens is 1. The Balaban J connectivity index is 0.00000408. The Bertz CT molecular complexity index is 1150. The van der Waals surface area contributed by atoms with Gasteiger partial charge < -0.3 is 23.8 Å². The van der Waals surface area contributed by atoms with Gasteiger partial charge in [-0.15, -0.1) is 12.4 Å². The Hall–Kier alpha value is -3.01. The van der Waals surface area contributed by atoms with Crippen molar-refractivity contribution in [1.82, 2.24) is 14.9 Å². The van der Waals surface area contributed by atoms with Gasteiger partial charge in [0.1, 0.15) is 5.39 Å². The Kier molecular flexibility index (Phi) is 9.97. The first kappa shape index (κ1) is 27.2. The van der Waals surface area contributed by atoms with Gasteiger partial charge in [0.05, 0.1) is 33.5 Å². The summed E-state index contributed by atoms with van der Waals surface area (Å²) in [5.41, 5.74) is 2.47. The third kappa shape index (κ3) is 6.11. The monoisotopic (exact) mass is 492 g/mol. The quantitative estimate of drug-likeness (QED) is 0.437. The van der Waals surface area contributed by atoms with E-state index in [1.807, 2.05) is 18.0 Å². The number of H-pyrrole nitrogens is 1. The number of nitrogens with one attached hydrogen (secondary N) is 1. The summed E-state index contributed by atoms with van der Waals surface area (Å²) in [5.74, 6) is 1.54. The van der Waals surface area contributed by atoms with E-state index in [1.165, 1.54) is 26.9 Å². The first-order chi connectivity index (χ1) is 15.9. The lowest BCUT2D eigenvalue weighted by atomic mass is 10.1. The summed E-state index contributed by atoms with van der Waals surface area (Å²) < 4.78 is 21.4. The maximum Gasteiger partial charge on any atom is 0.264 e. The fourth-order valence-electron chi connectivity index (χ4n) is 3.75. The molecule has 0 bridgehead atoms. The van der Waals surface area contributed by atoms with Crippen molar-refractivity contribution in [3.63, 3.8) is 0 Å². The van der Waals surface area contributed by atoms with Crippen LogP contribution in [0.5, 0.6) is 17.2 Å². The number of fused-ring (bicyclic) bond motifs is 1. The first-order valence-electron chi connectivity index (χ1n) is 10.6. The molecule has 10 heteroatoms. The SMILES string of the molecule is COCCN(C)Cc1cccc(CN(C)c2nc3cc(OC)c(OC)c(OC)c3c(=O)[nH]2)c1.Cl. The van der Waals surface area contributed by atoms with Crippen LogP contribution < -0.4 is 24.7 Å². The number of benzene rings is 2. The lowest BCUT2D eigenvalue weighted by Crippen LogP contribution is -2.24. The number of hydrogen-bond donors (Lipinski definition) is 1. The number of nitrogens with zero attached hydrogens (tertiary/aromatic N) is 3. The van der Waals surface area contributed by atoms with Crippen LogP contribution in [0.3, 0.4) is 0 Å². The van der Waals surface area contributed by atoms with E-state index >= 15 is 0 Å². The summed E-state index contributed by atoms with van der Waals surface area (Å²) in [6.45, 7) is 2.96. The standard InChI is InChI=1S/C24H32N4O5.ClH/c1-27(10-11-30-3)14-16-8-7-9-17(12-16)15-28(2)24-25-18-13-19(31-4)21(32-5)22(33-6)20(18)23(29)26-24;/h7-9,12-13H,10-11,14-15H2,1-6H3,(H,25,26,29);1H. The molecule has 1 heterocycles. The molecule has 0 amide bonds. The van der Waals surface area contributed by atoms with Crippen LogP contribution in [0.2, 0.25) is 0 Å². The van der Waals surface area contributed by atoms with E-state index in [0.717, 1.165) is 18.7 Å². The number of methoxy groups -OCH3 is 4. The second-order valence-corrected chi connectivity index (χ2v) is 7.84. The molecule has 0 saturated carbocycles. The number of aromatic nitrogens is 2. The third-order valence-electron chi connectivity index (χ3n) is 5.39. The summed E-state index contributed by atoms with van der Waals surface area (Å²) >= 11 is 0. The fraction of sp³-hybridized carbons (Fsp3) is 0.417. The van der Waals surface area contributed by atoms with Crippen LogP contribution >= 0.6 is 12.4 Å². The molecule has 1 aromatic heterocycles. The maximum absolute atomic E-state index is 13.0. The van der Waals surface area contributed by atoms with Crippen LogP contribution in [0.1, 0.15) is 11.1 Å². The van der Waals surface area contributed by atoms with Gasteiger partial charge in [-0.2, -0.15) is 0 Å². The minimum Gasteiger partial charge on any atom is -0.493 e. The van der Waals surface area contributed by atoms with Crippen molar-refractivity contribution in [2.45, 2.75) is 13.1 Å². The molecule has 3 rings (SSSR count). The molecule has 0 fully saturated rings. The molecule has 9 nitrogen and oxygen atoms in total. The Morgan fingerprint density at radius 2 is 1.62 bits per heavy atom. The minimum atomic E-state index is -0.312. The topological polar surface area (TPSA) is 89.2 Å². The molecule has 0 saturated heterocycles. The van der Waals surface area contributed by atoms with E-state index in [-0.39, 0.29) is 18.0 Å². The number of hydrogen-bond acceptors (Lipinski definition) is 8. The Morgan fingerprint density at radius 1 is 0.941 bits per heavy atom. The zero-order chi connectivity index (χ0) is 24.0. The summed E-state index contributed by atoms with van der Waals surface area (Å²) in [6, 6.07) is 10.1. The molecule has 0 aliphatic rings. The summed E-state index contributed by atoms with van der Waals surface area (Å²) in [4.78, 5) is 24.6. The molecule has 0 aliphatic carbocycles. The van der Waals surface area contributed by atoms with Gasteiger partial charge in [0, 0.05) is 39.9 Å². The highest BCUT2D eigenvalue weighted by molar-refractivity contribution is 5.90. The van der Waals surface area contributed by atoms with Crippen molar-refractivity contribution < 1.29 is 18.9 Å². The van der Waals surface area contributed by atoms with Crippen molar-refractivity contribution in [3.8, 4) is 17.2 Å². The van der Waals surface area contributed by atoms with E-state index in [1.54, 1.807) is 13.2 Å². The molecule has 3 aromatic rings. The van der Waals surface area contributed by atoms with Crippen LogP contribution in [0.4, 0.5) is 5.95 Å². The molecule has 1 N–H and O–H groups in total. The van der Waals surface area contributed by atoms with Gasteiger partial charge in [-0.3, -0.25) is 14.7 Å². The van der Waals surface area contributed by atoms with Crippen LogP contribution in [0.25, 0.3) is 10.9 Å². The predicted molar refractivity (Wildman–Crippen MR) is 136 cm³/mol. The lowest BCUT2D eigenvalue weighted by Gasteiger charge is -2.20. The first-order valence-corrected chi connectivity index (χ1v) is 10.6. The molecule has 0 spiro atoms. The minimum absolute atomic E-state index is 0. The molecule has 34 heavy (non-hydrogen) atoms. The van der Waals surface area contributed by atoms with Gasteiger partial charge in [-0.1, -0.05) is 24.3 Å². The molecule has 0 aliphatic heterocycles. The van der Waals surface area contributed by atoms with Crippen molar-refractivity contribution in [2.75, 3.05) is 60.6 Å². The van der Waals surface area contributed by atoms with Crippen molar-refractivity contribution in [2.24, 2.45) is 0 Å². The summed E-state index contributed by atoms with van der Waals surface area (Å²) in [7, 11) is 10.2. The highest BCUT2D eigenvalue weighted by atomic mass is 35.5. The second kappa shape index (κ2) is 12.5. The molecule has 0 unspecified atom stereocenters. The molecular weight excluding hydrogens is 460 g/mol. The van der Waals surface area contributed by atoms with E-state index < -0.39 is 0 Å². The van der Waals surface area contributed by atoms with Gasteiger partial charge in [0.2, 0.25) is 11.7 Å². The second-order valence-electron chi connectivity index (χ2n) is 7.84. The number of anilines is 1. The largest absolute Gasteiger partial charge is 0.493 e. The summed E-state index contributed by atoms with van der Waals surface area (Å²) in [5, 5.41) is 0.313. The molecule has 0 radical (unpaired) electrons. The van der Waals surface area contributed by atoms with Crippen LogP contribution in [0.15, 0.2) is 35.1 Å². The van der Waals surface area contributed by atoms with Crippen molar-refractivity contribution in [1.29, 1.82) is 0 Å². The average Bonchev–Trinajstić information content (AvgIpc) is 2.81. The number of aromatic amines is 1. The molecule has 0 atom stereocenters. The Labute approximate surface area is 206 Å². The molecular formula is C24H33ClN4O5. The lowest BCUT2D eigenvalue weighted by molar-refractivity contribution is 0.158. The number of ether oxygens (including phenoxy) is 4. The Morgan fingerprint density at radius 3 is 2.24 bits per heavy atom. The van der Waals surface area contributed by atoms with E-state index in [9.17, 15) is 4.79 Å². The maximum atomic E-state index is 13.0. The molecule has 186 valence electrons. The van der Waals surface area contributed by atoms with E-state index in [2.05, 4.69) is 40.1 Å². The van der Waals surface area contributed by atoms with Gasteiger partial charge >= 0.3 is 0 Å². The summed E-state index contributed by atoms with van der Waals surface area (Å²) in [6.07, 6.45) is 0. The number of likely N-dealkylation sites (N-methyl/N-ethyl adjacent to an activating group) is 1. The highest BCUT2D eigenvalue weighted by Gasteiger charge is 2.20. The van der Waals surface area contributed by atoms with Crippen LogP contribution in [0, 0.1) is 0 Å². The van der Waals surface area contributed by atoms with Crippen molar-refractivity contribution >= 4 is 29.3 Å². The number of rotatable bonds is 11. The van der Waals surface area contributed by atoms with Gasteiger partial charge in [-0.05, 0) is 18.2 Å².